The van der Waals surface area contributed by atoms with E-state index < -0.39 is 0 Å². The van der Waals surface area contributed by atoms with E-state index in [2.05, 4.69) is 51.4 Å². The average Bonchev–Trinajstić information content (AvgIpc) is 3.20. The highest BCUT2D eigenvalue weighted by Gasteiger charge is 2.24. The standard InChI is InChI=1S/C27H27N5O2S/c1-16(15-32-9-11-34-12-10-32)22-13-18(7-8-28-22)20-4-3-19-21(31-20)5-6-23-24(19)25-26(35-23)27(33)30-17(2)14-29-25/h3-8,13,17,29H,1,9-12,14-15H2,2H3,(H,30,33)/t17-/m1/s1. The Balaban J connectivity index is 1.35. The Morgan fingerprint density at radius 3 is 2.94 bits per heavy atom. The lowest BCUT2D eigenvalue weighted by Crippen LogP contribution is -2.37. The van der Waals surface area contributed by atoms with E-state index in [4.69, 9.17) is 9.72 Å². The summed E-state index contributed by atoms with van der Waals surface area (Å²) in [6.07, 6.45) is 1.83. The van der Waals surface area contributed by atoms with Crippen LogP contribution in [0, 0.1) is 0 Å². The van der Waals surface area contributed by atoms with Crippen LogP contribution in [0.4, 0.5) is 5.69 Å². The molecule has 8 heteroatoms. The Labute approximate surface area is 207 Å². The van der Waals surface area contributed by atoms with Gasteiger partial charge in [0.25, 0.3) is 5.91 Å². The van der Waals surface area contributed by atoms with Crippen molar-refractivity contribution in [3.05, 3.63) is 59.7 Å². The van der Waals surface area contributed by atoms with Gasteiger partial charge in [-0.15, -0.1) is 11.3 Å². The summed E-state index contributed by atoms with van der Waals surface area (Å²) in [7, 11) is 0. The molecule has 1 amide bonds. The molecule has 178 valence electrons. The largest absolute Gasteiger partial charge is 0.381 e. The number of pyridine rings is 2. The number of carbonyl (C=O) groups excluding carboxylic acids is 1. The Bertz CT molecular complexity index is 1460. The molecule has 3 aromatic heterocycles. The molecular formula is C27H27N5O2S. The van der Waals surface area contributed by atoms with Gasteiger partial charge in [0.05, 0.1) is 35.8 Å². The number of aromatic nitrogens is 2. The number of fused-ring (bicyclic) bond motifs is 5. The maximum atomic E-state index is 12.7. The highest BCUT2D eigenvalue weighted by Crippen LogP contribution is 2.41. The summed E-state index contributed by atoms with van der Waals surface area (Å²) in [4.78, 5) is 25.3. The maximum Gasteiger partial charge on any atom is 0.263 e. The number of ether oxygens (including phenoxy) is 1. The van der Waals surface area contributed by atoms with E-state index in [1.165, 1.54) is 11.3 Å². The monoisotopic (exact) mass is 485 g/mol. The molecular weight excluding hydrogens is 458 g/mol. The normalized spacial score (nSPS) is 18.7. The average molecular weight is 486 g/mol. The summed E-state index contributed by atoms with van der Waals surface area (Å²) >= 11 is 1.53. The van der Waals surface area contributed by atoms with Gasteiger partial charge in [-0.2, -0.15) is 0 Å². The number of benzene rings is 1. The van der Waals surface area contributed by atoms with Crippen LogP contribution in [0.15, 0.2) is 49.2 Å². The van der Waals surface area contributed by atoms with Crippen LogP contribution >= 0.6 is 11.3 Å². The van der Waals surface area contributed by atoms with Crippen molar-refractivity contribution >= 4 is 49.5 Å². The fourth-order valence-corrected chi connectivity index (χ4v) is 5.88. The number of morpholine rings is 1. The van der Waals surface area contributed by atoms with Crippen LogP contribution in [-0.2, 0) is 4.74 Å². The zero-order valence-corrected chi connectivity index (χ0v) is 20.5. The molecule has 7 nitrogen and oxygen atoms in total. The van der Waals surface area contributed by atoms with E-state index in [0.29, 0.717) is 6.54 Å². The number of amides is 1. The molecule has 0 spiro atoms. The summed E-state index contributed by atoms with van der Waals surface area (Å²) in [5.41, 5.74) is 5.60. The molecule has 1 aromatic carbocycles. The van der Waals surface area contributed by atoms with Gasteiger partial charge in [0.2, 0.25) is 0 Å². The van der Waals surface area contributed by atoms with Gasteiger partial charge in [-0.3, -0.25) is 14.7 Å². The molecule has 2 aliphatic heterocycles. The molecule has 35 heavy (non-hydrogen) atoms. The first-order valence-corrected chi connectivity index (χ1v) is 12.7. The number of nitrogens with zero attached hydrogens (tertiary/aromatic N) is 3. The van der Waals surface area contributed by atoms with Crippen LogP contribution in [0.3, 0.4) is 0 Å². The summed E-state index contributed by atoms with van der Waals surface area (Å²) in [6, 6.07) is 12.4. The van der Waals surface area contributed by atoms with E-state index in [0.717, 1.165) is 86.9 Å². The summed E-state index contributed by atoms with van der Waals surface area (Å²) in [6.45, 7) is 11.1. The second kappa shape index (κ2) is 9.03. The molecule has 1 fully saturated rings. The summed E-state index contributed by atoms with van der Waals surface area (Å²) < 4.78 is 6.53. The molecule has 2 N–H and O–H groups in total. The van der Waals surface area contributed by atoms with E-state index in [1.807, 2.05) is 25.3 Å². The SMILES string of the molecule is C=C(CN1CCOCC1)c1cc(-c2ccc3c(ccc4sc5c(c43)NC[C@@H](C)NC5=O)n2)ccn1. The van der Waals surface area contributed by atoms with Crippen molar-refractivity contribution in [2.75, 3.05) is 44.7 Å². The van der Waals surface area contributed by atoms with Crippen molar-refractivity contribution < 1.29 is 9.53 Å². The first kappa shape index (κ1) is 22.2. The highest BCUT2D eigenvalue weighted by atomic mass is 32.1. The van der Waals surface area contributed by atoms with Gasteiger partial charge in [-0.05, 0) is 48.9 Å². The second-order valence-electron chi connectivity index (χ2n) is 9.19. The number of thiophene rings is 1. The van der Waals surface area contributed by atoms with E-state index in [9.17, 15) is 4.79 Å². The number of hydrogen-bond donors (Lipinski definition) is 2. The lowest BCUT2D eigenvalue weighted by molar-refractivity contribution is 0.0444. The topological polar surface area (TPSA) is 79.4 Å². The predicted octanol–water partition coefficient (Wildman–Crippen LogP) is 4.40. The molecule has 2 aliphatic rings. The Morgan fingerprint density at radius 1 is 1.23 bits per heavy atom. The van der Waals surface area contributed by atoms with Gasteiger partial charge >= 0.3 is 0 Å². The van der Waals surface area contributed by atoms with Gasteiger partial charge in [0, 0.05) is 59.5 Å². The highest BCUT2D eigenvalue weighted by molar-refractivity contribution is 7.21. The van der Waals surface area contributed by atoms with Gasteiger partial charge < -0.3 is 15.4 Å². The first-order chi connectivity index (χ1) is 17.1. The Kier molecular flexibility index (Phi) is 5.72. The van der Waals surface area contributed by atoms with Crippen molar-refractivity contribution in [3.63, 3.8) is 0 Å². The minimum Gasteiger partial charge on any atom is -0.381 e. The van der Waals surface area contributed by atoms with E-state index in [1.54, 1.807) is 0 Å². The lowest BCUT2D eigenvalue weighted by atomic mass is 10.0. The zero-order chi connectivity index (χ0) is 23.9. The number of rotatable bonds is 4. The molecule has 0 aliphatic carbocycles. The maximum absolute atomic E-state index is 12.7. The molecule has 0 saturated carbocycles. The third-order valence-electron chi connectivity index (χ3n) is 6.63. The number of carbonyl (C=O) groups is 1. The van der Waals surface area contributed by atoms with Crippen LogP contribution in [0.5, 0.6) is 0 Å². The van der Waals surface area contributed by atoms with Crippen LogP contribution in [0.25, 0.3) is 37.8 Å². The minimum atomic E-state index is -0.0157. The molecule has 0 bridgehead atoms. The number of nitrogens with one attached hydrogen (secondary N) is 2. The zero-order valence-electron chi connectivity index (χ0n) is 19.6. The fourth-order valence-electron chi connectivity index (χ4n) is 4.78. The van der Waals surface area contributed by atoms with Crippen molar-refractivity contribution in [2.24, 2.45) is 0 Å². The van der Waals surface area contributed by atoms with Crippen LogP contribution < -0.4 is 10.6 Å². The minimum absolute atomic E-state index is 0.0157. The lowest BCUT2D eigenvalue weighted by Gasteiger charge is -2.27. The van der Waals surface area contributed by atoms with Crippen LogP contribution in [-0.4, -0.2) is 66.2 Å². The van der Waals surface area contributed by atoms with Gasteiger partial charge in [0.15, 0.2) is 0 Å². The molecule has 1 atom stereocenters. The summed E-state index contributed by atoms with van der Waals surface area (Å²) in [5.74, 6) is -0.0157. The number of anilines is 1. The third-order valence-corrected chi connectivity index (χ3v) is 7.78. The second-order valence-corrected chi connectivity index (χ2v) is 10.2. The van der Waals surface area contributed by atoms with Crippen molar-refractivity contribution in [2.45, 2.75) is 13.0 Å². The smallest absolute Gasteiger partial charge is 0.263 e. The number of hydrogen-bond acceptors (Lipinski definition) is 7. The van der Waals surface area contributed by atoms with E-state index in [-0.39, 0.29) is 11.9 Å². The van der Waals surface area contributed by atoms with Crippen LogP contribution in [0.2, 0.25) is 0 Å². The van der Waals surface area contributed by atoms with E-state index >= 15 is 0 Å². The van der Waals surface area contributed by atoms with Crippen molar-refractivity contribution in [3.8, 4) is 11.3 Å². The van der Waals surface area contributed by atoms with Crippen molar-refractivity contribution in [1.29, 1.82) is 0 Å². The Hall–Kier alpha value is -3.33. The molecule has 5 heterocycles. The third kappa shape index (κ3) is 4.18. The molecule has 6 rings (SSSR count). The van der Waals surface area contributed by atoms with Gasteiger partial charge in [-0.1, -0.05) is 6.58 Å². The van der Waals surface area contributed by atoms with Crippen LogP contribution in [0.1, 0.15) is 22.3 Å². The fraction of sp³-hybridized carbons (Fsp3) is 0.296. The first-order valence-electron chi connectivity index (χ1n) is 11.9. The predicted molar refractivity (Wildman–Crippen MR) is 142 cm³/mol. The summed E-state index contributed by atoms with van der Waals surface area (Å²) in [5, 5.41) is 8.65. The van der Waals surface area contributed by atoms with Crippen molar-refractivity contribution in [1.82, 2.24) is 20.2 Å². The molecule has 4 aromatic rings. The van der Waals surface area contributed by atoms with Gasteiger partial charge in [0.1, 0.15) is 4.88 Å². The molecule has 1 saturated heterocycles. The molecule has 0 unspecified atom stereocenters. The quantitative estimate of drug-likeness (QED) is 0.446. The molecule has 0 radical (unpaired) electrons. The Morgan fingerprint density at radius 2 is 2.09 bits per heavy atom. The van der Waals surface area contributed by atoms with Gasteiger partial charge in [-0.25, -0.2) is 4.98 Å².